The molecule has 0 radical (unpaired) electrons. The molecule has 3 N–H and O–H groups in total. The zero-order valence-electron chi connectivity index (χ0n) is 17.2. The largest absolute Gasteiger partial charge is 0.478 e. The van der Waals surface area contributed by atoms with Gasteiger partial charge in [0.05, 0.1) is 12.0 Å². The number of amides is 2. The molecule has 1 aromatic heterocycles. The third-order valence-corrected chi connectivity index (χ3v) is 7.56. The van der Waals surface area contributed by atoms with E-state index in [9.17, 15) is 29.4 Å². The average Bonchev–Trinajstić information content (AvgIpc) is 3.20. The first kappa shape index (κ1) is 22.8. The Labute approximate surface area is 195 Å². The number of aliphatic carboxylic acids is 1. The number of hydrogen-bond acceptors (Lipinski definition) is 9. The predicted molar refractivity (Wildman–Crippen MR) is 116 cm³/mol. The van der Waals surface area contributed by atoms with Crippen molar-refractivity contribution in [2.75, 3.05) is 11.5 Å². The second-order valence-corrected chi connectivity index (χ2v) is 9.27. The van der Waals surface area contributed by atoms with Gasteiger partial charge in [0.1, 0.15) is 17.1 Å². The molecule has 1 unspecified atom stereocenters. The Bertz CT molecular complexity index is 1180. The molecule has 0 saturated carbocycles. The number of thioether (sulfide) groups is 2. The number of aryl methyl sites for hydroxylation is 1. The van der Waals surface area contributed by atoms with Gasteiger partial charge >= 0.3 is 11.9 Å². The summed E-state index contributed by atoms with van der Waals surface area (Å²) in [4.78, 5) is 49.8. The van der Waals surface area contributed by atoms with Crippen LogP contribution in [0.5, 0.6) is 0 Å². The van der Waals surface area contributed by atoms with Crippen molar-refractivity contribution in [1.82, 2.24) is 30.4 Å². The molecule has 3 heterocycles. The number of fused-ring (bicyclic) bond motifs is 1. The topological polar surface area (TPSA) is 168 Å². The van der Waals surface area contributed by atoms with Crippen LogP contribution in [0.3, 0.4) is 0 Å². The van der Waals surface area contributed by atoms with Gasteiger partial charge in [0.15, 0.2) is 0 Å². The fraction of sp³-hybridized carbons (Fsp3) is 0.316. The summed E-state index contributed by atoms with van der Waals surface area (Å²) in [6, 6.07) is 5.25. The summed E-state index contributed by atoms with van der Waals surface area (Å²) in [7, 11) is 1.67. The van der Waals surface area contributed by atoms with E-state index in [2.05, 4.69) is 20.8 Å². The molecular weight excluding hydrogens is 472 g/mol. The maximum absolute atomic E-state index is 12.8. The molecule has 172 valence electrons. The van der Waals surface area contributed by atoms with Crippen molar-refractivity contribution in [3.05, 3.63) is 46.7 Å². The van der Waals surface area contributed by atoms with Gasteiger partial charge < -0.3 is 15.5 Å². The molecule has 12 nitrogen and oxygen atoms in total. The molecule has 2 aromatic rings. The minimum Gasteiger partial charge on any atom is -0.478 e. The lowest BCUT2D eigenvalue weighted by Gasteiger charge is -2.49. The molecular formula is C19H18N6O6S2. The molecule has 2 amide bonds. The van der Waals surface area contributed by atoms with Crippen LogP contribution < -0.4 is 5.32 Å². The van der Waals surface area contributed by atoms with Gasteiger partial charge in [-0.3, -0.25) is 14.5 Å². The molecule has 33 heavy (non-hydrogen) atoms. The highest BCUT2D eigenvalue weighted by Crippen LogP contribution is 2.41. The van der Waals surface area contributed by atoms with Gasteiger partial charge in [0, 0.05) is 18.6 Å². The number of β-lactam (4-membered cyclic amide) rings is 1. The number of hydrogen-bond donors (Lipinski definition) is 3. The SMILES string of the molecule is Cn1nnnc1SCC1=C(C(=O)O)N2C(=O)C(NC(=O)Cc3ccccc3C(=O)O)[C@H]2SC1. The number of tetrazole rings is 1. The molecule has 0 spiro atoms. The normalized spacial score (nSPS) is 19.7. The summed E-state index contributed by atoms with van der Waals surface area (Å²) in [6.07, 6.45) is -0.209. The summed E-state index contributed by atoms with van der Waals surface area (Å²) in [6.45, 7) is 0. The maximum atomic E-state index is 12.8. The molecule has 2 aliphatic rings. The number of nitrogens with zero attached hydrogens (tertiary/aromatic N) is 5. The zero-order valence-corrected chi connectivity index (χ0v) is 18.8. The number of benzene rings is 1. The minimum absolute atomic E-state index is 0.0117. The van der Waals surface area contributed by atoms with E-state index in [1.165, 1.54) is 45.2 Å². The fourth-order valence-corrected chi connectivity index (χ4v) is 5.91. The van der Waals surface area contributed by atoms with Crippen LogP contribution in [0.25, 0.3) is 0 Å². The quantitative estimate of drug-likeness (QED) is 0.336. The first-order valence-electron chi connectivity index (χ1n) is 9.63. The first-order valence-corrected chi connectivity index (χ1v) is 11.7. The number of carboxylic acid groups (broad SMARTS) is 2. The van der Waals surface area contributed by atoms with Gasteiger partial charge in [-0.25, -0.2) is 14.3 Å². The van der Waals surface area contributed by atoms with E-state index in [1.54, 1.807) is 19.2 Å². The molecule has 1 fully saturated rings. The highest BCUT2D eigenvalue weighted by molar-refractivity contribution is 8.01. The molecule has 2 aliphatic heterocycles. The van der Waals surface area contributed by atoms with Gasteiger partial charge in [-0.05, 0) is 27.6 Å². The van der Waals surface area contributed by atoms with Gasteiger partial charge in [-0.15, -0.1) is 16.9 Å². The second kappa shape index (κ2) is 9.23. The number of nitrogens with one attached hydrogen (secondary N) is 1. The van der Waals surface area contributed by atoms with Gasteiger partial charge in [0.2, 0.25) is 11.1 Å². The fourth-order valence-electron chi connectivity index (χ4n) is 3.57. The maximum Gasteiger partial charge on any atom is 0.352 e. The Morgan fingerprint density at radius 1 is 1.24 bits per heavy atom. The second-order valence-electron chi connectivity index (χ2n) is 7.23. The van der Waals surface area contributed by atoms with E-state index in [0.717, 1.165) is 0 Å². The smallest absolute Gasteiger partial charge is 0.352 e. The molecule has 1 saturated heterocycles. The van der Waals surface area contributed by atoms with Crippen molar-refractivity contribution in [2.24, 2.45) is 7.05 Å². The number of aromatic nitrogens is 4. The Hall–Kier alpha value is -3.39. The van der Waals surface area contributed by atoms with E-state index >= 15 is 0 Å². The van der Waals surface area contributed by atoms with Gasteiger partial charge in [-0.2, -0.15) is 0 Å². The van der Waals surface area contributed by atoms with Crippen LogP contribution in [-0.4, -0.2) is 82.0 Å². The van der Waals surface area contributed by atoms with Crippen molar-refractivity contribution in [3.63, 3.8) is 0 Å². The van der Waals surface area contributed by atoms with Crippen LogP contribution >= 0.6 is 23.5 Å². The van der Waals surface area contributed by atoms with Gasteiger partial charge in [-0.1, -0.05) is 30.0 Å². The molecule has 1 aromatic carbocycles. The third kappa shape index (κ3) is 4.43. The molecule has 14 heteroatoms. The van der Waals surface area contributed by atoms with E-state index < -0.39 is 35.2 Å². The summed E-state index contributed by atoms with van der Waals surface area (Å²) < 4.78 is 1.47. The molecule has 4 rings (SSSR count). The number of aromatic carboxylic acids is 1. The summed E-state index contributed by atoms with van der Waals surface area (Å²) in [5, 5.41) is 32.7. The number of carboxylic acids is 2. The monoisotopic (exact) mass is 490 g/mol. The van der Waals surface area contributed by atoms with E-state index in [4.69, 9.17) is 0 Å². The van der Waals surface area contributed by atoms with Crippen molar-refractivity contribution in [3.8, 4) is 0 Å². The summed E-state index contributed by atoms with van der Waals surface area (Å²) in [5.41, 5.74) is 0.807. The Kier molecular flexibility index (Phi) is 6.37. The molecule has 0 aliphatic carbocycles. The van der Waals surface area contributed by atoms with Crippen molar-refractivity contribution in [2.45, 2.75) is 23.0 Å². The van der Waals surface area contributed by atoms with E-state index in [1.807, 2.05) is 0 Å². The van der Waals surface area contributed by atoms with Crippen LogP contribution in [0, 0.1) is 0 Å². The molecule has 0 bridgehead atoms. The van der Waals surface area contributed by atoms with Crippen LogP contribution in [0.15, 0.2) is 40.7 Å². The summed E-state index contributed by atoms with van der Waals surface area (Å²) in [5.74, 6) is -2.75. The zero-order chi connectivity index (χ0) is 23.7. The van der Waals surface area contributed by atoms with Crippen molar-refractivity contribution in [1.29, 1.82) is 0 Å². The first-order chi connectivity index (χ1) is 15.8. The van der Waals surface area contributed by atoms with Crippen LogP contribution in [0.2, 0.25) is 0 Å². The highest BCUT2D eigenvalue weighted by atomic mass is 32.2. The van der Waals surface area contributed by atoms with Crippen molar-refractivity contribution < 1.29 is 29.4 Å². The Balaban J connectivity index is 1.45. The highest BCUT2D eigenvalue weighted by Gasteiger charge is 2.54. The van der Waals surface area contributed by atoms with Gasteiger partial charge in [0.25, 0.3) is 5.91 Å². The summed E-state index contributed by atoms with van der Waals surface area (Å²) >= 11 is 2.62. The molecule has 2 atom stereocenters. The van der Waals surface area contributed by atoms with Crippen LogP contribution in [0.4, 0.5) is 0 Å². The Morgan fingerprint density at radius 3 is 2.67 bits per heavy atom. The van der Waals surface area contributed by atoms with Crippen LogP contribution in [0.1, 0.15) is 15.9 Å². The van der Waals surface area contributed by atoms with Crippen LogP contribution in [-0.2, 0) is 27.9 Å². The van der Waals surface area contributed by atoms with Crippen molar-refractivity contribution >= 4 is 47.3 Å². The number of rotatable bonds is 8. The third-order valence-electron chi connectivity index (χ3n) is 5.12. The number of carbonyl (C=O) groups is 4. The lowest BCUT2D eigenvalue weighted by molar-refractivity contribution is -0.150. The lowest BCUT2D eigenvalue weighted by atomic mass is 10.0. The predicted octanol–water partition coefficient (Wildman–Crippen LogP) is -0.0183. The lowest BCUT2D eigenvalue weighted by Crippen LogP contribution is -2.70. The standard InChI is InChI=1S/C19H18N6O6S2/c1-24-19(21-22-23-24)33-8-10-7-32-16-13(15(27)25(16)14(10)18(30)31)20-12(26)6-9-4-2-3-5-11(9)17(28)29/h2-5,13,16H,6-8H2,1H3,(H,20,26)(H,28,29)(H,30,31)/t13?,16-/m1/s1. The van der Waals surface area contributed by atoms with E-state index in [0.29, 0.717) is 27.8 Å². The van der Waals surface area contributed by atoms with E-state index in [-0.39, 0.29) is 17.7 Å². The minimum atomic E-state index is -1.22. The Morgan fingerprint density at radius 2 is 2.00 bits per heavy atom. The average molecular weight is 491 g/mol. The number of carbonyl (C=O) groups excluding carboxylic acids is 2.